The van der Waals surface area contributed by atoms with Gasteiger partial charge in [0.1, 0.15) is 11.5 Å². The number of rotatable bonds is 6. The first kappa shape index (κ1) is 21.9. The molecule has 0 aliphatic rings. The summed E-state index contributed by atoms with van der Waals surface area (Å²) >= 11 is 0. The van der Waals surface area contributed by atoms with Gasteiger partial charge in [0, 0.05) is 0 Å². The van der Waals surface area contributed by atoms with Gasteiger partial charge in [-0.3, -0.25) is 0 Å². The quantitative estimate of drug-likeness (QED) is 0.497. The Morgan fingerprint density at radius 3 is 0.893 bits per heavy atom. The number of benzene rings is 2. The van der Waals surface area contributed by atoms with Gasteiger partial charge in [0.15, 0.2) is 0 Å². The molecule has 0 aliphatic heterocycles. The van der Waals surface area contributed by atoms with Crippen LogP contribution in [0, 0.1) is 0 Å². The van der Waals surface area contributed by atoms with Crippen LogP contribution >= 0.6 is 0 Å². The lowest BCUT2D eigenvalue weighted by atomic mass is 9.93. The number of azo groups is 1. The van der Waals surface area contributed by atoms with Crippen molar-refractivity contribution in [1.29, 1.82) is 0 Å². The van der Waals surface area contributed by atoms with Crippen LogP contribution < -0.4 is 0 Å². The molecule has 0 saturated heterocycles. The first-order valence-electron chi connectivity index (χ1n) is 10.2. The smallest absolute Gasteiger partial charge is 0.122 e. The maximum atomic E-state index is 10.6. The molecule has 4 heteroatoms. The topological polar surface area (TPSA) is 65.2 Å². The minimum Gasteiger partial charge on any atom is -0.507 e. The number of aromatic hydroxyl groups is 2. The highest BCUT2D eigenvalue weighted by molar-refractivity contribution is 5.56. The molecule has 2 aromatic rings. The molecule has 0 amide bonds. The van der Waals surface area contributed by atoms with E-state index >= 15 is 0 Å². The van der Waals surface area contributed by atoms with E-state index in [2.05, 4.69) is 65.6 Å². The third kappa shape index (κ3) is 4.73. The Morgan fingerprint density at radius 1 is 0.500 bits per heavy atom. The number of hydrogen-bond donors (Lipinski definition) is 2. The largest absolute Gasteiger partial charge is 0.507 e. The number of phenolic OH excluding ortho intramolecular Hbond substituents is 2. The molecule has 28 heavy (non-hydrogen) atoms. The Morgan fingerprint density at radius 2 is 0.714 bits per heavy atom. The zero-order valence-electron chi connectivity index (χ0n) is 18.4. The van der Waals surface area contributed by atoms with Crippen LogP contribution in [0.15, 0.2) is 34.5 Å². The van der Waals surface area contributed by atoms with Gasteiger partial charge in [-0.05, 0) is 70.2 Å². The molecule has 0 atom stereocenters. The van der Waals surface area contributed by atoms with E-state index in [1.54, 1.807) is 0 Å². The van der Waals surface area contributed by atoms with Crippen LogP contribution in [0.25, 0.3) is 0 Å². The highest BCUT2D eigenvalue weighted by Crippen LogP contribution is 2.39. The van der Waals surface area contributed by atoms with E-state index in [-0.39, 0.29) is 23.7 Å². The van der Waals surface area contributed by atoms with Crippen LogP contribution in [0.1, 0.15) is 101 Å². The van der Waals surface area contributed by atoms with Gasteiger partial charge in [0.25, 0.3) is 0 Å². The Hall–Kier alpha value is -2.36. The van der Waals surface area contributed by atoms with Gasteiger partial charge < -0.3 is 10.2 Å². The van der Waals surface area contributed by atoms with Crippen LogP contribution in [0.4, 0.5) is 11.4 Å². The molecular formula is C24H34N2O2. The fourth-order valence-corrected chi connectivity index (χ4v) is 3.32. The van der Waals surface area contributed by atoms with Crippen molar-refractivity contribution in [2.75, 3.05) is 0 Å². The van der Waals surface area contributed by atoms with E-state index in [0.29, 0.717) is 11.5 Å². The molecule has 4 nitrogen and oxygen atoms in total. The maximum Gasteiger partial charge on any atom is 0.122 e. The molecule has 0 aliphatic carbocycles. The molecule has 2 rings (SSSR count). The normalized spacial score (nSPS) is 12.3. The van der Waals surface area contributed by atoms with Gasteiger partial charge in [-0.2, -0.15) is 10.2 Å². The van der Waals surface area contributed by atoms with Gasteiger partial charge in [0.2, 0.25) is 0 Å². The van der Waals surface area contributed by atoms with E-state index in [9.17, 15) is 10.2 Å². The summed E-state index contributed by atoms with van der Waals surface area (Å²) < 4.78 is 0. The van der Waals surface area contributed by atoms with Crippen molar-refractivity contribution in [3.05, 3.63) is 46.5 Å². The Kier molecular flexibility index (Phi) is 6.87. The molecule has 0 fully saturated rings. The van der Waals surface area contributed by atoms with Crippen molar-refractivity contribution in [2.24, 2.45) is 10.2 Å². The first-order chi connectivity index (χ1) is 13.0. The molecule has 2 aromatic carbocycles. The molecule has 0 bridgehead atoms. The molecule has 0 heterocycles. The second-order valence-corrected chi connectivity index (χ2v) is 8.76. The summed E-state index contributed by atoms with van der Waals surface area (Å²) in [6, 6.07) is 7.62. The van der Waals surface area contributed by atoms with Crippen molar-refractivity contribution in [3.63, 3.8) is 0 Å². The van der Waals surface area contributed by atoms with E-state index < -0.39 is 0 Å². The fraction of sp³-hybridized carbons (Fsp3) is 0.500. The second-order valence-electron chi connectivity index (χ2n) is 8.76. The molecule has 152 valence electrons. The van der Waals surface area contributed by atoms with Crippen molar-refractivity contribution in [1.82, 2.24) is 0 Å². The van der Waals surface area contributed by atoms with Gasteiger partial charge >= 0.3 is 0 Å². The highest BCUT2D eigenvalue weighted by Gasteiger charge is 2.17. The average molecular weight is 383 g/mol. The molecule has 2 N–H and O–H groups in total. The van der Waals surface area contributed by atoms with Crippen molar-refractivity contribution in [3.8, 4) is 11.5 Å². The highest BCUT2D eigenvalue weighted by atomic mass is 16.3. The van der Waals surface area contributed by atoms with Crippen LogP contribution in [0.3, 0.4) is 0 Å². The molecule has 0 saturated carbocycles. The van der Waals surface area contributed by atoms with Gasteiger partial charge in [0.05, 0.1) is 11.4 Å². The summed E-state index contributed by atoms with van der Waals surface area (Å²) in [5.74, 6) is 1.50. The van der Waals surface area contributed by atoms with Gasteiger partial charge in [-0.1, -0.05) is 55.4 Å². The summed E-state index contributed by atoms with van der Waals surface area (Å²) in [6.07, 6.45) is 0. The third-order valence-electron chi connectivity index (χ3n) is 5.08. The van der Waals surface area contributed by atoms with Gasteiger partial charge in [-0.15, -0.1) is 0 Å². The lowest BCUT2D eigenvalue weighted by Crippen LogP contribution is -1.95. The van der Waals surface area contributed by atoms with E-state index in [0.717, 1.165) is 33.6 Å². The minimum atomic E-state index is 0.196. The summed E-state index contributed by atoms with van der Waals surface area (Å²) in [4.78, 5) is 0. The third-order valence-corrected chi connectivity index (χ3v) is 5.08. The molecule has 0 aromatic heterocycles. The van der Waals surface area contributed by atoms with Crippen LogP contribution in [0.5, 0.6) is 11.5 Å². The summed E-state index contributed by atoms with van der Waals surface area (Å²) in [5.41, 5.74) is 5.01. The van der Waals surface area contributed by atoms with Gasteiger partial charge in [-0.25, -0.2) is 0 Å². The zero-order chi connectivity index (χ0) is 21.2. The SMILES string of the molecule is CC(C)c1cc(N=Nc2cc(C(C)C)c(O)c(C(C)C)c2)cc(C(C)C)c1O. The first-order valence-corrected chi connectivity index (χ1v) is 10.2. The van der Waals surface area contributed by atoms with Crippen LogP contribution in [0.2, 0.25) is 0 Å². The minimum absolute atomic E-state index is 0.196. The second kappa shape index (κ2) is 8.76. The average Bonchev–Trinajstić information content (AvgIpc) is 2.60. The number of hydrogen-bond acceptors (Lipinski definition) is 4. The number of phenols is 2. The van der Waals surface area contributed by atoms with Crippen molar-refractivity contribution in [2.45, 2.75) is 79.1 Å². The summed E-state index contributed by atoms with van der Waals surface area (Å²) in [7, 11) is 0. The van der Waals surface area contributed by atoms with Crippen molar-refractivity contribution < 1.29 is 10.2 Å². The predicted octanol–water partition coefficient (Wildman–Crippen LogP) is 8.01. The fourth-order valence-electron chi connectivity index (χ4n) is 3.32. The lowest BCUT2D eigenvalue weighted by molar-refractivity contribution is 0.454. The summed E-state index contributed by atoms with van der Waals surface area (Å²) in [6.45, 7) is 16.5. The Labute approximate surface area is 169 Å². The standard InChI is InChI=1S/C24H34N2O2/c1-13(2)19-9-17(10-20(14(3)4)23(19)27)25-26-18-11-21(15(5)6)24(28)22(12-18)16(7)8/h9-16,27-28H,1-8H3. The van der Waals surface area contributed by atoms with E-state index in [1.807, 2.05) is 24.3 Å². The monoisotopic (exact) mass is 382 g/mol. The van der Waals surface area contributed by atoms with Crippen LogP contribution in [-0.2, 0) is 0 Å². The van der Waals surface area contributed by atoms with Crippen LogP contribution in [-0.4, -0.2) is 10.2 Å². The molecule has 0 radical (unpaired) electrons. The lowest BCUT2D eigenvalue weighted by Gasteiger charge is -2.16. The predicted molar refractivity (Wildman–Crippen MR) is 117 cm³/mol. The molecule has 0 unspecified atom stereocenters. The number of nitrogens with zero attached hydrogens (tertiary/aromatic N) is 2. The maximum absolute atomic E-state index is 10.6. The summed E-state index contributed by atoms with van der Waals surface area (Å²) in [5, 5.41) is 30.1. The zero-order valence-corrected chi connectivity index (χ0v) is 18.4. The van der Waals surface area contributed by atoms with E-state index in [1.165, 1.54) is 0 Å². The van der Waals surface area contributed by atoms with Crippen molar-refractivity contribution >= 4 is 11.4 Å². The Bertz CT molecular complexity index is 735. The van der Waals surface area contributed by atoms with E-state index in [4.69, 9.17) is 0 Å². The molecular weight excluding hydrogens is 348 g/mol. The molecule has 0 spiro atoms. The Balaban J connectivity index is 2.54.